The van der Waals surface area contributed by atoms with Crippen LogP contribution in [0, 0.1) is 28.7 Å². The van der Waals surface area contributed by atoms with Crippen LogP contribution in [-0.2, 0) is 4.79 Å². The van der Waals surface area contributed by atoms with Crippen LogP contribution >= 0.6 is 0 Å². The SMILES string of the molecule is C=C(C)C(=NC)Oc1ccc(-c2cc(F)c(OC(=O)C(C)(C)C)c(F)c2)c(F)c1F. The zero-order valence-corrected chi connectivity index (χ0v) is 17.2. The van der Waals surface area contributed by atoms with Gasteiger partial charge in [-0.1, -0.05) is 6.58 Å². The first-order valence-corrected chi connectivity index (χ1v) is 8.87. The van der Waals surface area contributed by atoms with Gasteiger partial charge in [0.25, 0.3) is 0 Å². The van der Waals surface area contributed by atoms with Crippen LogP contribution in [0.4, 0.5) is 17.6 Å². The first kappa shape index (κ1) is 23.1. The van der Waals surface area contributed by atoms with Gasteiger partial charge in [-0.2, -0.15) is 4.39 Å². The van der Waals surface area contributed by atoms with Crippen molar-refractivity contribution in [3.63, 3.8) is 0 Å². The zero-order valence-electron chi connectivity index (χ0n) is 17.2. The summed E-state index contributed by atoms with van der Waals surface area (Å²) in [7, 11) is 1.40. The van der Waals surface area contributed by atoms with Gasteiger partial charge in [0.15, 0.2) is 23.2 Å². The number of halogens is 4. The third-order valence-electron chi connectivity index (χ3n) is 3.94. The lowest BCUT2D eigenvalue weighted by Crippen LogP contribution is -2.26. The van der Waals surface area contributed by atoms with Crippen LogP contribution < -0.4 is 9.47 Å². The Morgan fingerprint density at radius 1 is 1.00 bits per heavy atom. The average Bonchev–Trinajstić information content (AvgIpc) is 2.64. The predicted octanol–water partition coefficient (Wildman–Crippen LogP) is 5.84. The molecule has 30 heavy (non-hydrogen) atoms. The topological polar surface area (TPSA) is 47.9 Å². The molecule has 0 aliphatic carbocycles. The largest absolute Gasteiger partial charge is 0.436 e. The predicted molar refractivity (Wildman–Crippen MR) is 106 cm³/mol. The van der Waals surface area contributed by atoms with E-state index in [1.165, 1.54) is 27.8 Å². The number of esters is 1. The van der Waals surface area contributed by atoms with Crippen LogP contribution in [0.2, 0.25) is 0 Å². The molecule has 0 fully saturated rings. The number of aliphatic imine (C=N–C) groups is 1. The van der Waals surface area contributed by atoms with E-state index >= 15 is 0 Å². The number of rotatable bonds is 4. The van der Waals surface area contributed by atoms with Crippen molar-refractivity contribution in [3.05, 3.63) is 59.7 Å². The summed E-state index contributed by atoms with van der Waals surface area (Å²) in [5.41, 5.74) is -1.29. The summed E-state index contributed by atoms with van der Waals surface area (Å²) in [5, 5.41) is 0. The van der Waals surface area contributed by atoms with Crippen LogP contribution in [0.5, 0.6) is 11.5 Å². The van der Waals surface area contributed by atoms with E-state index in [1.54, 1.807) is 6.92 Å². The highest BCUT2D eigenvalue weighted by Gasteiger charge is 2.27. The summed E-state index contributed by atoms with van der Waals surface area (Å²) in [6, 6.07) is 3.71. The highest BCUT2D eigenvalue weighted by Crippen LogP contribution is 2.34. The monoisotopic (exact) mass is 423 g/mol. The van der Waals surface area contributed by atoms with E-state index in [0.29, 0.717) is 5.57 Å². The number of hydrogen-bond acceptors (Lipinski definition) is 4. The zero-order chi connectivity index (χ0) is 22.8. The van der Waals surface area contributed by atoms with Crippen molar-refractivity contribution in [1.29, 1.82) is 0 Å². The maximum Gasteiger partial charge on any atom is 0.316 e. The smallest absolute Gasteiger partial charge is 0.316 e. The summed E-state index contributed by atoms with van der Waals surface area (Å²) in [4.78, 5) is 15.7. The van der Waals surface area contributed by atoms with Gasteiger partial charge < -0.3 is 9.47 Å². The number of hydrogen-bond donors (Lipinski definition) is 0. The Kier molecular flexibility index (Phi) is 6.70. The molecule has 0 spiro atoms. The third-order valence-corrected chi connectivity index (χ3v) is 3.94. The molecule has 0 aliphatic rings. The second-order valence-electron chi connectivity index (χ2n) is 7.56. The van der Waals surface area contributed by atoms with Crippen LogP contribution in [0.15, 0.2) is 41.4 Å². The number of carbonyl (C=O) groups is 1. The van der Waals surface area contributed by atoms with Crippen molar-refractivity contribution in [3.8, 4) is 22.6 Å². The lowest BCUT2D eigenvalue weighted by Gasteiger charge is -2.17. The summed E-state index contributed by atoms with van der Waals surface area (Å²) >= 11 is 0. The van der Waals surface area contributed by atoms with Gasteiger partial charge in [-0.25, -0.2) is 13.2 Å². The Hall–Kier alpha value is -3.16. The van der Waals surface area contributed by atoms with E-state index in [4.69, 9.17) is 9.47 Å². The molecule has 0 saturated heterocycles. The number of carbonyl (C=O) groups excluding carboxylic acids is 1. The summed E-state index contributed by atoms with van der Waals surface area (Å²) in [6.45, 7) is 9.74. The molecule has 2 aromatic rings. The molecule has 0 radical (unpaired) electrons. The van der Waals surface area contributed by atoms with Crippen molar-refractivity contribution in [2.75, 3.05) is 7.05 Å². The van der Waals surface area contributed by atoms with Crippen molar-refractivity contribution in [2.24, 2.45) is 10.4 Å². The van der Waals surface area contributed by atoms with Gasteiger partial charge in [-0.3, -0.25) is 9.79 Å². The average molecular weight is 423 g/mol. The van der Waals surface area contributed by atoms with Gasteiger partial charge >= 0.3 is 5.97 Å². The van der Waals surface area contributed by atoms with Crippen molar-refractivity contribution < 1.29 is 31.8 Å². The molecule has 0 aliphatic heterocycles. The molecule has 0 atom stereocenters. The molecule has 0 unspecified atom stereocenters. The highest BCUT2D eigenvalue weighted by atomic mass is 19.2. The number of ether oxygens (including phenoxy) is 2. The van der Waals surface area contributed by atoms with Gasteiger partial charge in [-0.15, -0.1) is 0 Å². The molecule has 4 nitrogen and oxygen atoms in total. The van der Waals surface area contributed by atoms with Crippen molar-refractivity contribution in [1.82, 2.24) is 0 Å². The summed E-state index contributed by atoms with van der Waals surface area (Å²) < 4.78 is 67.8. The van der Waals surface area contributed by atoms with Gasteiger partial charge in [-0.05, 0) is 57.5 Å². The van der Waals surface area contributed by atoms with E-state index in [2.05, 4.69) is 11.6 Å². The van der Waals surface area contributed by atoms with Gasteiger partial charge in [0.1, 0.15) is 0 Å². The van der Waals surface area contributed by atoms with E-state index in [0.717, 1.165) is 24.3 Å². The Morgan fingerprint density at radius 3 is 2.03 bits per heavy atom. The second kappa shape index (κ2) is 8.69. The quantitative estimate of drug-likeness (QED) is 0.204. The minimum Gasteiger partial charge on any atom is -0.436 e. The standard InChI is InChI=1S/C22H21F4NO3/c1-11(2)20(27-6)29-16-8-7-13(17(25)18(16)26)12-9-14(23)19(15(24)10-12)30-21(28)22(3,4)5/h7-10H,1H2,2-6H3. The molecule has 0 heterocycles. The second-order valence-corrected chi connectivity index (χ2v) is 7.56. The number of benzene rings is 2. The maximum atomic E-state index is 14.6. The van der Waals surface area contributed by atoms with Gasteiger partial charge in [0.05, 0.1) is 5.41 Å². The molecule has 0 bridgehead atoms. The molecule has 0 N–H and O–H groups in total. The molecule has 0 saturated carbocycles. The summed E-state index contributed by atoms with van der Waals surface area (Å²) in [5.74, 6) is -7.42. The fourth-order valence-corrected chi connectivity index (χ4v) is 2.32. The fraction of sp³-hybridized carbons (Fsp3) is 0.273. The molecular formula is C22H21F4NO3. The van der Waals surface area contributed by atoms with E-state index in [-0.39, 0.29) is 11.5 Å². The maximum absolute atomic E-state index is 14.6. The van der Waals surface area contributed by atoms with Crippen LogP contribution in [0.1, 0.15) is 27.7 Å². The molecule has 0 aromatic heterocycles. The Morgan fingerprint density at radius 2 is 1.57 bits per heavy atom. The van der Waals surface area contributed by atoms with E-state index in [9.17, 15) is 22.4 Å². The third kappa shape index (κ3) is 4.87. The van der Waals surface area contributed by atoms with Crippen molar-refractivity contribution in [2.45, 2.75) is 27.7 Å². The minimum absolute atomic E-state index is 0.00292. The van der Waals surface area contributed by atoms with Gasteiger partial charge in [0, 0.05) is 18.2 Å². The molecule has 0 amide bonds. The Bertz CT molecular complexity index is 1020. The lowest BCUT2D eigenvalue weighted by molar-refractivity contribution is -0.143. The molecule has 2 rings (SSSR count). The van der Waals surface area contributed by atoms with Crippen LogP contribution in [0.3, 0.4) is 0 Å². The fourth-order valence-electron chi connectivity index (χ4n) is 2.32. The molecule has 8 heteroatoms. The van der Waals surface area contributed by atoms with Crippen LogP contribution in [-0.4, -0.2) is 18.9 Å². The first-order valence-electron chi connectivity index (χ1n) is 8.87. The van der Waals surface area contributed by atoms with Crippen LogP contribution in [0.25, 0.3) is 11.1 Å². The molecular weight excluding hydrogens is 402 g/mol. The first-order chi connectivity index (χ1) is 13.9. The Balaban J connectivity index is 2.44. The Labute approximate surface area is 171 Å². The van der Waals surface area contributed by atoms with E-state index < -0.39 is 51.7 Å². The highest BCUT2D eigenvalue weighted by molar-refractivity contribution is 5.93. The molecule has 160 valence electrons. The molecule has 2 aromatic carbocycles. The van der Waals surface area contributed by atoms with E-state index in [1.807, 2.05) is 0 Å². The number of nitrogens with zero attached hydrogens (tertiary/aromatic N) is 1. The van der Waals surface area contributed by atoms with Gasteiger partial charge in [0.2, 0.25) is 17.5 Å². The lowest BCUT2D eigenvalue weighted by atomic mass is 9.97. The van der Waals surface area contributed by atoms with Crippen molar-refractivity contribution >= 4 is 11.9 Å². The minimum atomic E-state index is -1.37. The normalized spacial score (nSPS) is 12.0. The summed E-state index contributed by atoms with van der Waals surface area (Å²) in [6.07, 6.45) is 0.